The van der Waals surface area contributed by atoms with Gasteiger partial charge in [0.15, 0.2) is 35.6 Å². The van der Waals surface area contributed by atoms with Gasteiger partial charge in [-0.15, -0.1) is 0 Å². The first-order valence-electron chi connectivity index (χ1n) is 24.8. The largest absolute Gasteiger partial charge is 0.370 e. The minimum atomic E-state index is -1.42. The van der Waals surface area contributed by atoms with Crippen LogP contribution in [0.1, 0.15) is 97.8 Å². The van der Waals surface area contributed by atoms with Gasteiger partial charge in [-0.2, -0.15) is 0 Å². The molecule has 0 aromatic heterocycles. The van der Waals surface area contributed by atoms with E-state index in [1.807, 2.05) is 0 Å². The van der Waals surface area contributed by atoms with Crippen molar-refractivity contribution < 1.29 is 38.4 Å². The number of rotatable bonds is 40. The molecule has 0 aromatic carbocycles. The molecule has 76 heavy (non-hydrogen) atoms. The molecule has 0 unspecified atom stereocenters. The van der Waals surface area contributed by atoms with Crippen LogP contribution in [-0.4, -0.2) is 165 Å². The molecule has 33 nitrogen and oxygen atoms in total. The summed E-state index contributed by atoms with van der Waals surface area (Å²) in [7, 11) is 0. The highest BCUT2D eigenvalue weighted by Crippen LogP contribution is 2.10. The molecule has 32 N–H and O–H groups in total. The fraction of sp³-hybridized carbons (Fsp3) is 0.698. The topological polar surface area (TPSA) is 607 Å². The van der Waals surface area contributed by atoms with E-state index >= 15 is 0 Å². The second-order valence-electron chi connectivity index (χ2n) is 17.8. The van der Waals surface area contributed by atoms with E-state index in [1.54, 1.807) is 13.8 Å². The molecule has 0 rings (SSSR count). The second kappa shape index (κ2) is 38.7. The van der Waals surface area contributed by atoms with Crippen molar-refractivity contribution in [3.05, 3.63) is 0 Å². The van der Waals surface area contributed by atoms with Gasteiger partial charge in [-0.3, -0.25) is 68.6 Å². The summed E-state index contributed by atoms with van der Waals surface area (Å²) in [5.74, 6) is -7.10. The summed E-state index contributed by atoms with van der Waals surface area (Å²) in [5, 5.41) is 21.2. The Morgan fingerprint density at radius 2 is 0.632 bits per heavy atom. The molecular weight excluding hydrogens is 995 g/mol. The zero-order valence-electron chi connectivity index (χ0n) is 44.0. The average molecular weight is 1080 g/mol. The number of hydrogen-bond acceptors (Lipinski definition) is 16. The van der Waals surface area contributed by atoms with Crippen molar-refractivity contribution in [2.24, 2.45) is 99.7 Å². The van der Waals surface area contributed by atoms with Crippen molar-refractivity contribution in [2.45, 2.75) is 140 Å². The third-order valence-electron chi connectivity index (χ3n) is 10.7. The molecule has 0 fully saturated rings. The quantitative estimate of drug-likeness (QED) is 0.0117. The number of guanidine groups is 5. The van der Waals surface area contributed by atoms with Crippen LogP contribution in [0.2, 0.25) is 0 Å². The molecule has 0 spiro atoms. The van der Waals surface area contributed by atoms with Crippen LogP contribution in [0, 0.1) is 5.92 Å². The maximum absolute atomic E-state index is 14.4. The summed E-state index contributed by atoms with van der Waals surface area (Å²) in [6.07, 6.45) is 0.00748. The van der Waals surface area contributed by atoms with Gasteiger partial charge in [0.1, 0.15) is 42.5 Å². The summed E-state index contributed by atoms with van der Waals surface area (Å²) in [5.41, 5.74) is 66.2. The first-order valence-corrected chi connectivity index (χ1v) is 24.8. The van der Waals surface area contributed by atoms with Crippen molar-refractivity contribution in [2.75, 3.05) is 45.8 Å². The van der Waals surface area contributed by atoms with Gasteiger partial charge >= 0.3 is 0 Å². The predicted octanol–water partition coefficient (Wildman–Crippen LogP) is -8.90. The van der Waals surface area contributed by atoms with Crippen LogP contribution >= 0.6 is 0 Å². The zero-order chi connectivity index (χ0) is 57.8. The zero-order valence-corrected chi connectivity index (χ0v) is 44.0. The minimum absolute atomic E-state index is 0.0120. The first kappa shape index (κ1) is 68.2. The number of amides is 7. The van der Waals surface area contributed by atoms with Crippen LogP contribution in [0.3, 0.4) is 0 Å². The summed E-state index contributed by atoms with van der Waals surface area (Å²) >= 11 is 0. The number of hydrogen-bond donors (Lipinski definition) is 20. The van der Waals surface area contributed by atoms with Crippen LogP contribution in [0.5, 0.6) is 0 Å². The molecule has 0 aromatic rings. The standard InChI is InChI=1S/C43H87N25O8/c1-23(2)31(70)22-62-32(71)25(10-4-16-56-38(44)45)64-34(73)27(12-6-18-58-40(48)49)66-36(75)29(14-8-20-60-42(52)53)68-37(76)30(15-9-21-61-43(54)55)67-35(74)28(13-7-19-59-41(50)51)65-33(72)26(63-24(3)69)11-5-17-57-39(46)47/h23,25-30,38,56H,4-22,44-45H2,1-3H3,(H,62,71)(H,63,69)(H,64,73)(H,65,72)(H,66,75)(H,67,74)(H,68,76)(H4,46,47,57)(H4,48,49,58)(H4,50,51,59)(H4,52,53,60)(H4,54,55,61)/t25-,26-,27-,28-,29-,30-/m0/s1. The van der Waals surface area contributed by atoms with Gasteiger partial charge in [-0.05, 0) is 83.6 Å². The third kappa shape index (κ3) is 33.8. The van der Waals surface area contributed by atoms with E-state index in [2.05, 4.69) is 67.5 Å². The fourth-order valence-corrected chi connectivity index (χ4v) is 6.81. The Balaban J connectivity index is 7.16. The highest BCUT2D eigenvalue weighted by molar-refractivity contribution is 5.97. The Bertz CT molecular complexity index is 1990. The number of Topliss-reactive ketones (excluding diaryl/α,β-unsaturated/α-hetero) is 1. The monoisotopic (exact) mass is 1080 g/mol. The molecule has 6 atom stereocenters. The molecule has 0 saturated carbocycles. The lowest BCUT2D eigenvalue weighted by atomic mass is 10.0. The van der Waals surface area contributed by atoms with Gasteiger partial charge < -0.3 is 106 Å². The summed E-state index contributed by atoms with van der Waals surface area (Å²) in [6, 6.07) is -7.88. The summed E-state index contributed by atoms with van der Waals surface area (Å²) in [6.45, 7) is 4.75. The Morgan fingerprint density at radius 1 is 0.382 bits per heavy atom. The lowest BCUT2D eigenvalue weighted by Crippen LogP contribution is -2.59. The molecule has 0 radical (unpaired) electrons. The van der Waals surface area contributed by atoms with Gasteiger partial charge in [0.05, 0.1) is 6.54 Å². The van der Waals surface area contributed by atoms with Gasteiger partial charge in [0.25, 0.3) is 0 Å². The normalized spacial score (nSPS) is 13.1. The summed E-state index contributed by atoms with van der Waals surface area (Å²) in [4.78, 5) is 129. The van der Waals surface area contributed by atoms with Gasteiger partial charge in [0.2, 0.25) is 41.4 Å². The number of nitrogens with zero attached hydrogens (tertiary/aromatic N) is 5. The molecule has 0 saturated heterocycles. The van der Waals surface area contributed by atoms with Crippen molar-refractivity contribution in [1.82, 2.24) is 42.5 Å². The SMILES string of the molecule is CC(=O)N[C@@H](CCCN=C(N)N)C(=O)N[C@@H](CCCN=C(N)N)C(=O)N[C@@H](CCCN=C(N)N)C(=O)N[C@@H](CCCN=C(N)N)C(=O)N[C@@H](CCCN=C(N)N)C(=O)N[C@@H](CCCNC(N)N)C(=O)NCC(=O)C(C)C. The maximum atomic E-state index is 14.4. The molecule has 0 aliphatic carbocycles. The van der Waals surface area contributed by atoms with E-state index in [4.69, 9.17) is 68.8 Å². The van der Waals surface area contributed by atoms with E-state index in [1.165, 1.54) is 6.92 Å². The number of ketones is 1. The van der Waals surface area contributed by atoms with Crippen molar-refractivity contribution in [3.63, 3.8) is 0 Å². The molecule has 0 bridgehead atoms. The molecule has 0 aliphatic heterocycles. The van der Waals surface area contributed by atoms with Crippen LogP contribution in [-0.2, 0) is 38.4 Å². The molecule has 0 heterocycles. The van der Waals surface area contributed by atoms with Gasteiger partial charge in [0, 0.05) is 45.6 Å². The number of carbonyl (C=O) groups is 8. The lowest BCUT2D eigenvalue weighted by Gasteiger charge is -2.28. The van der Waals surface area contributed by atoms with Gasteiger partial charge in [-0.1, -0.05) is 13.8 Å². The Kier molecular flexibility index (Phi) is 34.7. The first-order chi connectivity index (χ1) is 35.7. The van der Waals surface area contributed by atoms with Crippen LogP contribution in [0.15, 0.2) is 25.0 Å². The highest BCUT2D eigenvalue weighted by Gasteiger charge is 2.33. The average Bonchev–Trinajstić information content (AvgIpc) is 3.32. The molecule has 0 aliphatic rings. The minimum Gasteiger partial charge on any atom is -0.370 e. The Hall–Kier alpha value is -7.81. The van der Waals surface area contributed by atoms with E-state index in [-0.39, 0.29) is 158 Å². The predicted molar refractivity (Wildman–Crippen MR) is 289 cm³/mol. The number of aliphatic imine (C=N–C) groups is 5. The molecule has 7 amide bonds. The summed E-state index contributed by atoms with van der Waals surface area (Å²) < 4.78 is 0. The highest BCUT2D eigenvalue weighted by atomic mass is 16.2. The fourth-order valence-electron chi connectivity index (χ4n) is 6.81. The van der Waals surface area contributed by atoms with Gasteiger partial charge in [-0.25, -0.2) is 0 Å². The van der Waals surface area contributed by atoms with Crippen molar-refractivity contribution in [3.8, 4) is 0 Å². The number of carbonyl (C=O) groups excluding carboxylic acids is 8. The molecule has 432 valence electrons. The van der Waals surface area contributed by atoms with Crippen molar-refractivity contribution in [1.29, 1.82) is 0 Å². The van der Waals surface area contributed by atoms with E-state index < -0.39 is 83.9 Å². The second-order valence-corrected chi connectivity index (χ2v) is 17.8. The Morgan fingerprint density at radius 3 is 0.868 bits per heavy atom. The van der Waals surface area contributed by atoms with Crippen LogP contribution < -0.4 is 111 Å². The lowest BCUT2D eigenvalue weighted by molar-refractivity contribution is -0.136. The Labute approximate surface area is 442 Å². The molecular formula is C43H87N25O8. The maximum Gasteiger partial charge on any atom is 0.243 e. The van der Waals surface area contributed by atoms with Crippen LogP contribution in [0.25, 0.3) is 0 Å². The van der Waals surface area contributed by atoms with Crippen molar-refractivity contribution >= 4 is 76.9 Å². The number of nitrogens with one attached hydrogen (secondary N) is 8. The van der Waals surface area contributed by atoms with E-state index in [0.29, 0.717) is 6.42 Å². The molecule has 33 heteroatoms. The van der Waals surface area contributed by atoms with E-state index in [9.17, 15) is 38.4 Å². The number of nitrogens with two attached hydrogens (primary N) is 12. The van der Waals surface area contributed by atoms with E-state index in [0.717, 1.165) is 0 Å². The third-order valence-corrected chi connectivity index (χ3v) is 10.7. The van der Waals surface area contributed by atoms with Crippen LogP contribution in [0.4, 0.5) is 0 Å². The smallest absolute Gasteiger partial charge is 0.243 e.